The number of hydrogen-bond acceptors (Lipinski definition) is 3. The van der Waals surface area contributed by atoms with Crippen LogP contribution in [0.5, 0.6) is 0 Å². The van der Waals surface area contributed by atoms with Gasteiger partial charge < -0.3 is 5.32 Å². The molecule has 3 rings (SSSR count). The lowest BCUT2D eigenvalue weighted by molar-refractivity contribution is -0.137. The molecule has 1 amide bonds. The molecule has 9 heteroatoms. The summed E-state index contributed by atoms with van der Waals surface area (Å²) in [6, 6.07) is 9.71. The van der Waals surface area contributed by atoms with Gasteiger partial charge in [0.2, 0.25) is 10.0 Å². The number of benzene rings is 2. The van der Waals surface area contributed by atoms with E-state index >= 15 is 0 Å². The van der Waals surface area contributed by atoms with E-state index in [0.29, 0.717) is 13.1 Å². The summed E-state index contributed by atoms with van der Waals surface area (Å²) in [5.41, 5.74) is -0.523. The van der Waals surface area contributed by atoms with E-state index in [1.165, 1.54) is 28.6 Å². The molecular weight excluding hydrogens is 405 g/mol. The van der Waals surface area contributed by atoms with E-state index in [1.807, 2.05) is 0 Å². The van der Waals surface area contributed by atoms with Crippen molar-refractivity contribution in [3.05, 3.63) is 59.7 Å². The molecule has 0 bridgehead atoms. The van der Waals surface area contributed by atoms with E-state index in [-0.39, 0.29) is 16.1 Å². The molecule has 1 aliphatic rings. The summed E-state index contributed by atoms with van der Waals surface area (Å²) in [5, 5.41) is 2.49. The van der Waals surface area contributed by atoms with Crippen LogP contribution >= 0.6 is 0 Å². The summed E-state index contributed by atoms with van der Waals surface area (Å²) in [6.45, 7) is 0.897. The van der Waals surface area contributed by atoms with Crippen molar-refractivity contribution in [2.75, 3.05) is 18.4 Å². The van der Waals surface area contributed by atoms with Crippen LogP contribution in [-0.2, 0) is 16.2 Å². The summed E-state index contributed by atoms with van der Waals surface area (Å²) < 4.78 is 65.1. The first-order valence-corrected chi connectivity index (χ1v) is 10.7. The Labute approximate surface area is 167 Å². The van der Waals surface area contributed by atoms with Crippen LogP contribution in [0.15, 0.2) is 53.4 Å². The van der Waals surface area contributed by atoms with Gasteiger partial charge in [0.05, 0.1) is 10.5 Å². The number of carbonyl (C=O) groups is 1. The van der Waals surface area contributed by atoms with Crippen LogP contribution in [0.4, 0.5) is 18.9 Å². The number of halogens is 3. The second-order valence-corrected chi connectivity index (χ2v) is 8.81. The summed E-state index contributed by atoms with van der Waals surface area (Å²) >= 11 is 0. The first-order valence-electron chi connectivity index (χ1n) is 9.27. The van der Waals surface area contributed by atoms with E-state index in [2.05, 4.69) is 5.32 Å². The molecule has 0 atom stereocenters. The highest BCUT2D eigenvalue weighted by Gasteiger charge is 2.30. The van der Waals surface area contributed by atoms with Crippen molar-refractivity contribution in [1.82, 2.24) is 4.31 Å². The summed E-state index contributed by atoms with van der Waals surface area (Å²) in [4.78, 5) is 12.5. The molecule has 1 aliphatic heterocycles. The van der Waals surface area contributed by atoms with E-state index in [4.69, 9.17) is 0 Å². The van der Waals surface area contributed by atoms with Crippen molar-refractivity contribution >= 4 is 21.6 Å². The number of nitrogens with zero attached hydrogens (tertiary/aromatic N) is 1. The van der Waals surface area contributed by atoms with Gasteiger partial charge in [-0.2, -0.15) is 17.5 Å². The Kier molecular flexibility index (Phi) is 6.28. The van der Waals surface area contributed by atoms with Gasteiger partial charge in [0.15, 0.2) is 0 Å². The van der Waals surface area contributed by atoms with Gasteiger partial charge in [-0.1, -0.05) is 18.9 Å². The second-order valence-electron chi connectivity index (χ2n) is 6.88. The number of sulfonamides is 1. The third-order valence-corrected chi connectivity index (χ3v) is 6.66. The highest BCUT2D eigenvalue weighted by atomic mass is 32.2. The molecule has 1 fully saturated rings. The van der Waals surface area contributed by atoms with E-state index < -0.39 is 27.7 Å². The molecule has 2 aromatic carbocycles. The zero-order valence-electron chi connectivity index (χ0n) is 15.6. The Morgan fingerprint density at radius 1 is 0.931 bits per heavy atom. The number of rotatable bonds is 4. The molecule has 0 unspecified atom stereocenters. The maximum atomic E-state index is 12.9. The average Bonchev–Trinajstić information content (AvgIpc) is 2.98. The molecule has 156 valence electrons. The van der Waals surface area contributed by atoms with Crippen molar-refractivity contribution in [1.29, 1.82) is 0 Å². The van der Waals surface area contributed by atoms with E-state index in [9.17, 15) is 26.4 Å². The Morgan fingerprint density at radius 2 is 1.55 bits per heavy atom. The normalized spacial score (nSPS) is 16.2. The number of amides is 1. The van der Waals surface area contributed by atoms with Crippen LogP contribution in [0, 0.1) is 0 Å². The predicted octanol–water partition coefficient (Wildman–Crippen LogP) is 4.52. The van der Waals surface area contributed by atoms with Crippen LogP contribution < -0.4 is 5.32 Å². The van der Waals surface area contributed by atoms with Gasteiger partial charge in [-0.3, -0.25) is 4.79 Å². The number of alkyl halides is 3. The minimum atomic E-state index is -4.46. The molecule has 0 saturated carbocycles. The van der Waals surface area contributed by atoms with E-state index in [0.717, 1.165) is 49.9 Å². The van der Waals surface area contributed by atoms with Crippen molar-refractivity contribution in [2.24, 2.45) is 0 Å². The second kappa shape index (κ2) is 8.54. The summed E-state index contributed by atoms with van der Waals surface area (Å²) in [5.74, 6) is -0.599. The zero-order valence-corrected chi connectivity index (χ0v) is 16.4. The Balaban J connectivity index is 1.77. The Bertz CT molecular complexity index is 965. The molecule has 29 heavy (non-hydrogen) atoms. The minimum absolute atomic E-state index is 0.0273. The molecule has 2 aromatic rings. The topological polar surface area (TPSA) is 66.5 Å². The van der Waals surface area contributed by atoms with Gasteiger partial charge in [0.1, 0.15) is 0 Å². The highest BCUT2D eigenvalue weighted by molar-refractivity contribution is 7.89. The molecule has 1 N–H and O–H groups in total. The van der Waals surface area contributed by atoms with Gasteiger partial charge in [-0.05, 0) is 55.3 Å². The molecule has 5 nitrogen and oxygen atoms in total. The zero-order chi connectivity index (χ0) is 21.1. The van der Waals surface area contributed by atoms with Gasteiger partial charge in [-0.15, -0.1) is 0 Å². The number of hydrogen-bond donors (Lipinski definition) is 1. The Morgan fingerprint density at radius 3 is 2.14 bits per heavy atom. The lowest BCUT2D eigenvalue weighted by Gasteiger charge is -2.20. The lowest BCUT2D eigenvalue weighted by Crippen LogP contribution is -2.32. The van der Waals surface area contributed by atoms with Gasteiger partial charge in [0, 0.05) is 24.3 Å². The number of nitrogens with one attached hydrogen (secondary N) is 1. The summed E-state index contributed by atoms with van der Waals surface area (Å²) in [7, 11) is -3.71. The number of carbonyl (C=O) groups excluding carboxylic acids is 1. The molecule has 0 spiro atoms. The lowest BCUT2D eigenvalue weighted by atomic mass is 10.2. The Hall–Kier alpha value is -2.39. The highest BCUT2D eigenvalue weighted by Crippen LogP contribution is 2.30. The maximum Gasteiger partial charge on any atom is 0.416 e. The first-order chi connectivity index (χ1) is 13.7. The molecule has 0 aromatic heterocycles. The van der Waals surface area contributed by atoms with Crippen LogP contribution in [0.3, 0.4) is 0 Å². The molecule has 0 radical (unpaired) electrons. The quantitative estimate of drug-likeness (QED) is 0.782. The first kappa shape index (κ1) is 21.3. The monoisotopic (exact) mass is 426 g/mol. The standard InChI is InChI=1S/C20H21F3N2O3S/c21-20(22,23)16-8-10-17(11-9-16)24-19(26)15-6-5-7-18(14-15)29(27,28)25-12-3-1-2-4-13-25/h5-11,14H,1-4,12-13H2,(H,24,26). The van der Waals surface area contributed by atoms with Crippen molar-refractivity contribution in [3.63, 3.8) is 0 Å². The average molecular weight is 426 g/mol. The van der Waals surface area contributed by atoms with Crippen molar-refractivity contribution in [2.45, 2.75) is 36.8 Å². The molecule has 1 saturated heterocycles. The third kappa shape index (κ3) is 5.16. The molecule has 1 heterocycles. The molecular formula is C20H21F3N2O3S. The van der Waals surface area contributed by atoms with Gasteiger partial charge >= 0.3 is 6.18 Å². The fraction of sp³-hybridized carbons (Fsp3) is 0.350. The van der Waals surface area contributed by atoms with Crippen LogP contribution in [0.25, 0.3) is 0 Å². The molecule has 0 aliphatic carbocycles. The largest absolute Gasteiger partial charge is 0.416 e. The van der Waals surface area contributed by atoms with Crippen LogP contribution in [-0.4, -0.2) is 31.7 Å². The fourth-order valence-electron chi connectivity index (χ4n) is 3.17. The van der Waals surface area contributed by atoms with Crippen molar-refractivity contribution < 1.29 is 26.4 Å². The smallest absolute Gasteiger partial charge is 0.322 e. The van der Waals surface area contributed by atoms with Crippen molar-refractivity contribution in [3.8, 4) is 0 Å². The maximum absolute atomic E-state index is 12.9. The SMILES string of the molecule is O=C(Nc1ccc(C(F)(F)F)cc1)c1cccc(S(=O)(=O)N2CCCCCC2)c1. The number of anilines is 1. The van der Waals surface area contributed by atoms with Crippen LogP contribution in [0.2, 0.25) is 0 Å². The fourth-order valence-corrected chi connectivity index (χ4v) is 4.74. The van der Waals surface area contributed by atoms with Gasteiger partial charge in [-0.25, -0.2) is 8.42 Å². The van der Waals surface area contributed by atoms with E-state index in [1.54, 1.807) is 0 Å². The minimum Gasteiger partial charge on any atom is -0.322 e. The van der Waals surface area contributed by atoms with Gasteiger partial charge in [0.25, 0.3) is 5.91 Å². The predicted molar refractivity (Wildman–Crippen MR) is 103 cm³/mol. The summed E-state index contributed by atoms with van der Waals surface area (Å²) in [6.07, 6.45) is -0.887. The third-order valence-electron chi connectivity index (χ3n) is 4.77. The van der Waals surface area contributed by atoms with Crippen LogP contribution in [0.1, 0.15) is 41.6 Å².